The van der Waals surface area contributed by atoms with E-state index < -0.39 is 11.9 Å². The third-order valence-electron chi connectivity index (χ3n) is 4.20. The number of nitrogens with one attached hydrogen (secondary N) is 3. The number of hydrogen-bond acceptors (Lipinski definition) is 7. The van der Waals surface area contributed by atoms with Gasteiger partial charge >= 0.3 is 5.97 Å². The molecule has 3 rings (SSSR count). The number of amides is 1. The molecule has 9 nitrogen and oxygen atoms in total. The van der Waals surface area contributed by atoms with Gasteiger partial charge in [0, 0.05) is 42.9 Å². The van der Waals surface area contributed by atoms with Gasteiger partial charge in [-0.25, -0.2) is 4.79 Å². The second kappa shape index (κ2) is 7.44. The highest BCUT2D eigenvalue weighted by Crippen LogP contribution is 2.34. The number of aromatic nitrogens is 2. The Morgan fingerprint density at radius 1 is 1.15 bits per heavy atom. The van der Waals surface area contributed by atoms with Crippen LogP contribution in [0, 0.1) is 0 Å². The van der Waals surface area contributed by atoms with Crippen molar-refractivity contribution in [2.75, 3.05) is 33.2 Å². The zero-order chi connectivity index (χ0) is 18.7. The van der Waals surface area contributed by atoms with Gasteiger partial charge in [0.05, 0.1) is 32.6 Å². The van der Waals surface area contributed by atoms with Crippen LogP contribution in [0.1, 0.15) is 32.1 Å². The first kappa shape index (κ1) is 17.7. The van der Waals surface area contributed by atoms with Gasteiger partial charge in [0.15, 0.2) is 17.2 Å². The minimum absolute atomic E-state index is 0.154. The molecule has 9 heteroatoms. The number of aromatic amines is 1. The van der Waals surface area contributed by atoms with Gasteiger partial charge in [0.1, 0.15) is 0 Å². The van der Waals surface area contributed by atoms with E-state index in [9.17, 15) is 9.59 Å². The lowest BCUT2D eigenvalue weighted by molar-refractivity contribution is 0.0601. The van der Waals surface area contributed by atoms with E-state index in [1.165, 1.54) is 33.5 Å². The van der Waals surface area contributed by atoms with Gasteiger partial charge < -0.3 is 24.8 Å². The number of H-pyrrole nitrogens is 1. The van der Waals surface area contributed by atoms with Gasteiger partial charge in [-0.15, -0.1) is 0 Å². The number of methoxy groups -OCH3 is 3. The maximum absolute atomic E-state index is 12.7. The Morgan fingerprint density at radius 3 is 2.58 bits per heavy atom. The number of ether oxygens (including phenoxy) is 3. The van der Waals surface area contributed by atoms with Crippen molar-refractivity contribution in [3.63, 3.8) is 0 Å². The normalized spacial score (nSPS) is 12.9. The highest BCUT2D eigenvalue weighted by Gasteiger charge is 2.24. The van der Waals surface area contributed by atoms with Crippen molar-refractivity contribution in [2.45, 2.75) is 13.0 Å². The summed E-state index contributed by atoms with van der Waals surface area (Å²) < 4.78 is 15.2. The van der Waals surface area contributed by atoms with E-state index in [0.29, 0.717) is 18.0 Å². The Bertz CT molecular complexity index is 846. The summed E-state index contributed by atoms with van der Waals surface area (Å²) in [4.78, 5) is 24.8. The first-order valence-electron chi connectivity index (χ1n) is 8.01. The molecule has 1 amide bonds. The molecule has 1 aromatic heterocycles. The minimum atomic E-state index is -0.605. The second-order valence-electron chi connectivity index (χ2n) is 5.65. The van der Waals surface area contributed by atoms with Gasteiger partial charge in [-0.3, -0.25) is 9.89 Å². The number of hydrogen-bond donors (Lipinski definition) is 3. The fourth-order valence-corrected chi connectivity index (χ4v) is 2.86. The molecule has 0 atom stereocenters. The largest absolute Gasteiger partial charge is 0.493 e. The van der Waals surface area contributed by atoms with Gasteiger partial charge in [-0.05, 0) is 0 Å². The third-order valence-corrected chi connectivity index (χ3v) is 4.20. The summed E-state index contributed by atoms with van der Waals surface area (Å²) in [6, 6.07) is 2.97. The molecule has 138 valence electrons. The maximum Gasteiger partial charge on any atom is 0.340 e. The Balaban J connectivity index is 1.96. The molecule has 0 bridgehead atoms. The smallest absolute Gasteiger partial charge is 0.340 e. The predicted molar refractivity (Wildman–Crippen MR) is 92.8 cm³/mol. The van der Waals surface area contributed by atoms with Crippen LogP contribution in [0.15, 0.2) is 12.1 Å². The molecule has 0 radical (unpaired) electrons. The zero-order valence-corrected chi connectivity index (χ0v) is 14.8. The molecule has 0 saturated heterocycles. The quantitative estimate of drug-likeness (QED) is 0.684. The molecule has 26 heavy (non-hydrogen) atoms. The Morgan fingerprint density at radius 2 is 1.88 bits per heavy atom. The molecule has 0 saturated carbocycles. The number of benzene rings is 1. The number of esters is 1. The fraction of sp³-hybridized carbons (Fsp3) is 0.353. The van der Waals surface area contributed by atoms with Gasteiger partial charge in [0.25, 0.3) is 5.91 Å². The average Bonchev–Trinajstić information content (AvgIpc) is 3.11. The summed E-state index contributed by atoms with van der Waals surface area (Å²) in [5, 5.41) is 12.9. The van der Waals surface area contributed by atoms with Crippen LogP contribution >= 0.6 is 0 Å². The first-order valence-corrected chi connectivity index (χ1v) is 8.01. The fourth-order valence-electron chi connectivity index (χ4n) is 2.86. The van der Waals surface area contributed by atoms with Crippen molar-refractivity contribution in [1.82, 2.24) is 15.5 Å². The van der Waals surface area contributed by atoms with Crippen LogP contribution in [0.4, 0.5) is 5.69 Å². The van der Waals surface area contributed by atoms with E-state index >= 15 is 0 Å². The van der Waals surface area contributed by atoms with Crippen LogP contribution in [0.5, 0.6) is 11.5 Å². The molecule has 1 aliphatic rings. The second-order valence-corrected chi connectivity index (χ2v) is 5.65. The van der Waals surface area contributed by atoms with Gasteiger partial charge in [0.2, 0.25) is 0 Å². The molecule has 0 spiro atoms. The van der Waals surface area contributed by atoms with Crippen molar-refractivity contribution >= 4 is 17.6 Å². The Labute approximate surface area is 150 Å². The topological polar surface area (TPSA) is 115 Å². The molecule has 1 aromatic carbocycles. The monoisotopic (exact) mass is 360 g/mol. The van der Waals surface area contributed by atoms with E-state index in [2.05, 4.69) is 20.8 Å². The van der Waals surface area contributed by atoms with Gasteiger partial charge in [-0.1, -0.05) is 0 Å². The molecular weight excluding hydrogens is 340 g/mol. The summed E-state index contributed by atoms with van der Waals surface area (Å²) >= 11 is 0. The summed E-state index contributed by atoms with van der Waals surface area (Å²) in [5.41, 5.74) is 2.46. The highest BCUT2D eigenvalue weighted by molar-refractivity contribution is 6.08. The number of carbonyl (C=O) groups excluding carboxylic acids is 2. The number of nitrogens with zero attached hydrogens (tertiary/aromatic N) is 1. The van der Waals surface area contributed by atoms with Crippen LogP contribution in [0.2, 0.25) is 0 Å². The number of fused-ring (bicyclic) bond motifs is 1. The first-order chi connectivity index (χ1) is 12.6. The summed E-state index contributed by atoms with van der Waals surface area (Å²) in [6.07, 6.45) is 0.777. The molecule has 1 aliphatic heterocycles. The molecule has 0 fully saturated rings. The Hall–Kier alpha value is -3.07. The summed E-state index contributed by atoms with van der Waals surface area (Å²) in [6.45, 7) is 1.39. The van der Waals surface area contributed by atoms with E-state index in [4.69, 9.17) is 14.2 Å². The lowest BCUT2D eigenvalue weighted by atomic mass is 10.1. The molecule has 2 heterocycles. The number of anilines is 1. The number of rotatable bonds is 5. The van der Waals surface area contributed by atoms with Crippen LogP contribution in [0.3, 0.4) is 0 Å². The van der Waals surface area contributed by atoms with Crippen LogP contribution in [-0.2, 0) is 17.7 Å². The van der Waals surface area contributed by atoms with Gasteiger partial charge in [-0.2, -0.15) is 5.10 Å². The van der Waals surface area contributed by atoms with Crippen molar-refractivity contribution < 1.29 is 23.8 Å². The van der Waals surface area contributed by atoms with E-state index in [-0.39, 0.29) is 16.9 Å². The summed E-state index contributed by atoms with van der Waals surface area (Å²) in [5.74, 6) is -0.302. The van der Waals surface area contributed by atoms with Crippen molar-refractivity contribution in [3.8, 4) is 11.5 Å². The molecule has 3 N–H and O–H groups in total. The highest BCUT2D eigenvalue weighted by atomic mass is 16.5. The minimum Gasteiger partial charge on any atom is -0.493 e. The zero-order valence-electron chi connectivity index (χ0n) is 14.8. The average molecular weight is 360 g/mol. The predicted octanol–water partition coefficient (Wildman–Crippen LogP) is 1.11. The lowest BCUT2D eigenvalue weighted by Crippen LogP contribution is -2.25. The van der Waals surface area contributed by atoms with E-state index in [0.717, 1.165) is 24.2 Å². The van der Waals surface area contributed by atoms with Crippen molar-refractivity contribution in [1.29, 1.82) is 0 Å². The summed E-state index contributed by atoms with van der Waals surface area (Å²) in [7, 11) is 4.19. The molecular formula is C17H20N4O5. The Kier molecular flexibility index (Phi) is 5.08. The van der Waals surface area contributed by atoms with E-state index in [1.807, 2.05) is 0 Å². The van der Waals surface area contributed by atoms with Crippen LogP contribution in [-0.4, -0.2) is 49.9 Å². The third kappa shape index (κ3) is 3.21. The SMILES string of the molecule is COC(=O)c1cc(OC)c(OC)cc1NC(=O)c1n[nH]c2c1CNCC2. The van der Waals surface area contributed by atoms with Crippen molar-refractivity contribution in [2.24, 2.45) is 0 Å². The number of carbonyl (C=O) groups is 2. The molecule has 0 aliphatic carbocycles. The maximum atomic E-state index is 12.7. The van der Waals surface area contributed by atoms with Crippen LogP contribution in [0.25, 0.3) is 0 Å². The standard InChI is InChI=1S/C17H20N4O5/c1-24-13-6-9(17(23)26-3)12(7-14(13)25-2)19-16(22)15-10-8-18-5-4-11(10)20-21-15/h6-7,18H,4-5,8H2,1-3H3,(H,19,22)(H,20,21). The van der Waals surface area contributed by atoms with Crippen molar-refractivity contribution in [3.05, 3.63) is 34.6 Å². The van der Waals surface area contributed by atoms with E-state index in [1.54, 1.807) is 0 Å². The molecule has 2 aromatic rings. The molecule has 0 unspecified atom stereocenters. The lowest BCUT2D eigenvalue weighted by Gasteiger charge is -2.15. The van der Waals surface area contributed by atoms with Crippen LogP contribution < -0.4 is 20.1 Å².